The lowest BCUT2D eigenvalue weighted by atomic mass is 10.1. The van der Waals surface area contributed by atoms with E-state index in [1.54, 1.807) is 12.1 Å². The number of aromatic nitrogens is 2. The van der Waals surface area contributed by atoms with Gasteiger partial charge in [-0.2, -0.15) is 0 Å². The monoisotopic (exact) mass is 304 g/mol. The summed E-state index contributed by atoms with van der Waals surface area (Å²) in [6, 6.07) is 4.57. The lowest BCUT2D eigenvalue weighted by molar-refractivity contribution is 0.617. The molecule has 0 aliphatic carbocycles. The third-order valence-electron chi connectivity index (χ3n) is 3.33. The van der Waals surface area contributed by atoms with Gasteiger partial charge in [-0.1, -0.05) is 23.9 Å². The van der Waals surface area contributed by atoms with E-state index < -0.39 is 0 Å². The molecule has 0 unspecified atom stereocenters. The Kier molecular flexibility index (Phi) is 4.57. The van der Waals surface area contributed by atoms with E-state index in [1.807, 2.05) is 20.8 Å². The average Bonchev–Trinajstić information content (AvgIpc) is 2.43. The summed E-state index contributed by atoms with van der Waals surface area (Å²) in [6.45, 7) is 5.87. The predicted molar refractivity (Wildman–Crippen MR) is 83.2 cm³/mol. The molecule has 0 saturated carbocycles. The van der Waals surface area contributed by atoms with Crippen LogP contribution in [-0.4, -0.2) is 15.8 Å². The quantitative estimate of drug-likeness (QED) is 0.394. The van der Waals surface area contributed by atoms with Gasteiger partial charge in [-0.3, -0.25) is 5.41 Å². The number of nitrogens with zero attached hydrogens (tertiary/aromatic N) is 2. The van der Waals surface area contributed by atoms with Crippen LogP contribution in [0, 0.1) is 32.0 Å². The fraction of sp³-hybridized carbons (Fsp3) is 0.267. The molecule has 0 bridgehead atoms. The Balaban J connectivity index is 2.15. The number of halogens is 1. The van der Waals surface area contributed by atoms with Crippen LogP contribution in [0.25, 0.3) is 0 Å². The highest BCUT2D eigenvalue weighted by molar-refractivity contribution is 7.98. The molecule has 1 aromatic carbocycles. The summed E-state index contributed by atoms with van der Waals surface area (Å²) in [7, 11) is 0. The van der Waals surface area contributed by atoms with Gasteiger partial charge in [0.15, 0.2) is 5.16 Å². The largest absolute Gasteiger partial charge is 0.384 e. The van der Waals surface area contributed by atoms with Gasteiger partial charge in [0.2, 0.25) is 0 Å². The molecule has 0 amide bonds. The summed E-state index contributed by atoms with van der Waals surface area (Å²) in [4.78, 5) is 8.80. The van der Waals surface area contributed by atoms with E-state index in [9.17, 15) is 4.39 Å². The Morgan fingerprint density at radius 1 is 1.24 bits per heavy atom. The first-order valence-electron chi connectivity index (χ1n) is 6.46. The van der Waals surface area contributed by atoms with Gasteiger partial charge < -0.3 is 5.73 Å². The normalized spacial score (nSPS) is 10.7. The molecule has 0 aliphatic rings. The molecule has 1 aromatic heterocycles. The Morgan fingerprint density at radius 2 is 1.86 bits per heavy atom. The second-order valence-electron chi connectivity index (χ2n) is 4.81. The number of nitrogens with two attached hydrogens (primary N) is 1. The van der Waals surface area contributed by atoms with Crippen LogP contribution < -0.4 is 5.73 Å². The molecule has 0 atom stereocenters. The minimum absolute atomic E-state index is 0.138. The number of nitrogens with one attached hydrogen (secondary N) is 1. The Labute approximate surface area is 127 Å². The SMILES string of the molecule is Cc1nc(SCc2ccc(C(=N)N)cc2F)nc(C)c1C. The van der Waals surface area contributed by atoms with Crippen LogP contribution in [0.2, 0.25) is 0 Å². The molecule has 6 heteroatoms. The van der Waals surface area contributed by atoms with Crippen LogP contribution in [0.4, 0.5) is 4.39 Å². The number of rotatable bonds is 4. The van der Waals surface area contributed by atoms with E-state index in [4.69, 9.17) is 11.1 Å². The minimum atomic E-state index is -0.365. The Bertz CT molecular complexity index is 677. The summed E-state index contributed by atoms with van der Waals surface area (Å²) in [5, 5.41) is 7.94. The van der Waals surface area contributed by atoms with Crippen molar-refractivity contribution in [2.45, 2.75) is 31.7 Å². The lowest BCUT2D eigenvalue weighted by Crippen LogP contribution is -2.11. The Morgan fingerprint density at radius 3 is 2.38 bits per heavy atom. The van der Waals surface area contributed by atoms with E-state index in [0.29, 0.717) is 22.0 Å². The van der Waals surface area contributed by atoms with Gasteiger partial charge in [0, 0.05) is 22.7 Å². The molecular weight excluding hydrogens is 287 g/mol. The maximum Gasteiger partial charge on any atom is 0.188 e. The highest BCUT2D eigenvalue weighted by Gasteiger charge is 2.09. The first-order chi connectivity index (χ1) is 9.88. The molecule has 4 nitrogen and oxygen atoms in total. The number of thioether (sulfide) groups is 1. The number of benzene rings is 1. The predicted octanol–water partition coefficient (Wildman–Crippen LogP) is 3.12. The van der Waals surface area contributed by atoms with Crippen molar-refractivity contribution >= 4 is 17.6 Å². The summed E-state index contributed by atoms with van der Waals surface area (Å²) < 4.78 is 13.9. The molecule has 0 aliphatic heterocycles. The number of nitrogen functional groups attached to an aromatic ring is 1. The van der Waals surface area contributed by atoms with Gasteiger partial charge in [-0.15, -0.1) is 0 Å². The molecule has 0 fully saturated rings. The van der Waals surface area contributed by atoms with Crippen molar-refractivity contribution in [2.75, 3.05) is 0 Å². The summed E-state index contributed by atoms with van der Waals surface area (Å²) in [5.74, 6) is -0.0663. The van der Waals surface area contributed by atoms with Crippen molar-refractivity contribution < 1.29 is 4.39 Å². The van der Waals surface area contributed by atoms with Gasteiger partial charge in [-0.25, -0.2) is 14.4 Å². The standard InChI is InChI=1S/C15H17FN4S/c1-8-9(2)19-15(20-10(8)3)21-7-12-5-4-11(14(17)18)6-13(12)16/h4-6H,7H2,1-3H3,(H3,17,18). The third-order valence-corrected chi connectivity index (χ3v) is 4.23. The number of aryl methyl sites for hydroxylation is 2. The van der Waals surface area contributed by atoms with Crippen molar-refractivity contribution in [3.8, 4) is 0 Å². The van der Waals surface area contributed by atoms with Crippen molar-refractivity contribution in [3.05, 3.63) is 52.1 Å². The molecule has 0 saturated heterocycles. The van der Waals surface area contributed by atoms with E-state index in [1.165, 1.54) is 17.8 Å². The first-order valence-corrected chi connectivity index (χ1v) is 7.44. The topological polar surface area (TPSA) is 75.7 Å². The average molecular weight is 304 g/mol. The Hall–Kier alpha value is -1.95. The second kappa shape index (κ2) is 6.22. The number of hydrogen-bond acceptors (Lipinski definition) is 4. The highest BCUT2D eigenvalue weighted by Crippen LogP contribution is 2.23. The number of amidine groups is 1. The molecule has 0 spiro atoms. The molecule has 3 N–H and O–H groups in total. The van der Waals surface area contributed by atoms with Crippen LogP contribution in [-0.2, 0) is 5.75 Å². The van der Waals surface area contributed by atoms with Crippen molar-refractivity contribution in [1.29, 1.82) is 5.41 Å². The molecule has 2 aromatic rings. The van der Waals surface area contributed by atoms with Gasteiger partial charge >= 0.3 is 0 Å². The fourth-order valence-corrected chi connectivity index (χ4v) is 2.70. The van der Waals surface area contributed by atoms with Crippen molar-refractivity contribution in [1.82, 2.24) is 9.97 Å². The van der Waals surface area contributed by atoms with E-state index >= 15 is 0 Å². The van der Waals surface area contributed by atoms with Gasteiger partial charge in [0.1, 0.15) is 11.7 Å². The van der Waals surface area contributed by atoms with Gasteiger partial charge in [0.05, 0.1) is 0 Å². The van der Waals surface area contributed by atoms with Crippen LogP contribution >= 0.6 is 11.8 Å². The van der Waals surface area contributed by atoms with E-state index in [0.717, 1.165) is 17.0 Å². The van der Waals surface area contributed by atoms with Crippen LogP contribution in [0.15, 0.2) is 23.4 Å². The van der Waals surface area contributed by atoms with E-state index in [2.05, 4.69) is 9.97 Å². The molecule has 0 radical (unpaired) electrons. The van der Waals surface area contributed by atoms with Gasteiger partial charge in [-0.05, 0) is 38.0 Å². The summed E-state index contributed by atoms with van der Waals surface area (Å²) in [6.07, 6.45) is 0. The zero-order valence-corrected chi connectivity index (χ0v) is 13.0. The van der Waals surface area contributed by atoms with Crippen molar-refractivity contribution in [3.63, 3.8) is 0 Å². The third kappa shape index (κ3) is 3.58. The number of hydrogen-bond donors (Lipinski definition) is 2. The van der Waals surface area contributed by atoms with Crippen LogP contribution in [0.3, 0.4) is 0 Å². The molecule has 110 valence electrons. The molecule has 21 heavy (non-hydrogen) atoms. The highest BCUT2D eigenvalue weighted by atomic mass is 32.2. The van der Waals surface area contributed by atoms with E-state index in [-0.39, 0.29) is 11.7 Å². The minimum Gasteiger partial charge on any atom is -0.384 e. The molecule has 1 heterocycles. The maximum atomic E-state index is 13.9. The fourth-order valence-electron chi connectivity index (χ4n) is 1.78. The molecular formula is C15H17FN4S. The zero-order valence-electron chi connectivity index (χ0n) is 12.2. The van der Waals surface area contributed by atoms with Crippen LogP contribution in [0.5, 0.6) is 0 Å². The van der Waals surface area contributed by atoms with Crippen molar-refractivity contribution in [2.24, 2.45) is 5.73 Å². The summed E-state index contributed by atoms with van der Waals surface area (Å²) >= 11 is 1.39. The zero-order chi connectivity index (χ0) is 15.6. The lowest BCUT2D eigenvalue weighted by Gasteiger charge is -2.08. The van der Waals surface area contributed by atoms with Crippen LogP contribution in [0.1, 0.15) is 28.1 Å². The molecule has 2 rings (SSSR count). The summed E-state index contributed by atoms with van der Waals surface area (Å²) in [5.41, 5.74) is 9.23. The smallest absolute Gasteiger partial charge is 0.188 e. The second-order valence-corrected chi connectivity index (χ2v) is 5.75. The maximum absolute atomic E-state index is 13.9. The first kappa shape index (κ1) is 15.4. The van der Waals surface area contributed by atoms with Gasteiger partial charge in [0.25, 0.3) is 0 Å².